The molecular formula is C13H32N2O2. The Bertz CT molecular complexity index is 203. The first-order valence-electron chi connectivity index (χ1n) is 6.63. The second kappa shape index (κ2) is 15.1. The van der Waals surface area contributed by atoms with Crippen molar-refractivity contribution in [3.63, 3.8) is 0 Å². The maximum Gasteiger partial charge on any atom is 0.221 e. The van der Waals surface area contributed by atoms with Gasteiger partial charge in [-0.05, 0) is 26.3 Å². The molecule has 0 radical (unpaired) electrons. The quantitative estimate of drug-likeness (QED) is 0.616. The molecule has 4 nitrogen and oxygen atoms in total. The molecule has 0 aliphatic carbocycles. The predicted molar refractivity (Wildman–Crippen MR) is 76.3 cm³/mol. The van der Waals surface area contributed by atoms with Gasteiger partial charge in [0.1, 0.15) is 5.78 Å². The van der Waals surface area contributed by atoms with Crippen LogP contribution < -0.4 is 10.6 Å². The summed E-state index contributed by atoms with van der Waals surface area (Å²) in [6.45, 7) is 9.91. The molecule has 0 spiro atoms. The second-order valence-corrected chi connectivity index (χ2v) is 3.61. The van der Waals surface area contributed by atoms with Crippen LogP contribution in [0.4, 0.5) is 0 Å². The van der Waals surface area contributed by atoms with E-state index in [1.54, 1.807) is 6.92 Å². The lowest BCUT2D eigenvalue weighted by Crippen LogP contribution is -2.28. The molecule has 0 rings (SSSR count). The molecule has 0 aliphatic rings. The number of carbonyl (C=O) groups is 2. The fraction of sp³-hybridized carbons (Fsp3) is 0.846. The van der Waals surface area contributed by atoms with Crippen LogP contribution in [0.15, 0.2) is 0 Å². The van der Waals surface area contributed by atoms with Crippen molar-refractivity contribution in [1.29, 1.82) is 0 Å². The van der Waals surface area contributed by atoms with E-state index in [0.717, 1.165) is 25.9 Å². The molecule has 1 amide bonds. The molecule has 0 aliphatic heterocycles. The molecule has 0 atom stereocenters. The van der Waals surface area contributed by atoms with Crippen LogP contribution in [0, 0.1) is 0 Å². The number of hydrogen-bond acceptors (Lipinski definition) is 3. The molecule has 106 valence electrons. The van der Waals surface area contributed by atoms with Gasteiger partial charge >= 0.3 is 0 Å². The van der Waals surface area contributed by atoms with Gasteiger partial charge in [0.2, 0.25) is 5.91 Å². The minimum Gasteiger partial charge on any atom is -0.356 e. The SMILES string of the molecule is CC.CCNCCC(=O)NCCCCC(C)=O.[HH].[HH]. The largest absolute Gasteiger partial charge is 0.356 e. The number of Topliss-reactive ketones (excluding diaryl/α,β-unsaturated/α-hetero) is 1. The van der Waals surface area contributed by atoms with Crippen molar-refractivity contribution in [3.05, 3.63) is 0 Å². The lowest BCUT2D eigenvalue weighted by atomic mass is 10.2. The predicted octanol–water partition coefficient (Wildman–Crippen LogP) is 2.38. The number of amides is 1. The third-order valence-corrected chi connectivity index (χ3v) is 2.06. The van der Waals surface area contributed by atoms with Gasteiger partial charge in [-0.1, -0.05) is 20.8 Å². The summed E-state index contributed by atoms with van der Waals surface area (Å²) in [4.78, 5) is 21.8. The number of unbranched alkanes of at least 4 members (excludes halogenated alkanes) is 1. The van der Waals surface area contributed by atoms with Crippen LogP contribution >= 0.6 is 0 Å². The molecule has 0 saturated carbocycles. The monoisotopic (exact) mass is 248 g/mol. The third-order valence-electron chi connectivity index (χ3n) is 2.06. The summed E-state index contributed by atoms with van der Waals surface area (Å²) in [5.74, 6) is 0.298. The average molecular weight is 248 g/mol. The molecule has 0 unspecified atom stereocenters. The summed E-state index contributed by atoms with van der Waals surface area (Å²) >= 11 is 0. The van der Waals surface area contributed by atoms with Gasteiger partial charge in [-0.2, -0.15) is 0 Å². The summed E-state index contributed by atoms with van der Waals surface area (Å²) in [6, 6.07) is 0. The van der Waals surface area contributed by atoms with Crippen molar-refractivity contribution in [1.82, 2.24) is 10.6 Å². The molecule has 0 heterocycles. The Morgan fingerprint density at radius 3 is 2.24 bits per heavy atom. The van der Waals surface area contributed by atoms with Gasteiger partial charge in [-0.25, -0.2) is 0 Å². The molecule has 0 saturated heterocycles. The van der Waals surface area contributed by atoms with Gasteiger partial charge < -0.3 is 15.4 Å². The van der Waals surface area contributed by atoms with Gasteiger partial charge in [0.05, 0.1) is 0 Å². The Hall–Kier alpha value is -0.900. The Kier molecular flexibility index (Phi) is 16.4. The summed E-state index contributed by atoms with van der Waals surface area (Å²) in [5, 5.41) is 5.92. The van der Waals surface area contributed by atoms with E-state index in [2.05, 4.69) is 10.6 Å². The van der Waals surface area contributed by atoms with E-state index in [1.807, 2.05) is 20.8 Å². The van der Waals surface area contributed by atoms with Crippen molar-refractivity contribution >= 4 is 11.7 Å². The molecule has 0 aromatic carbocycles. The minimum absolute atomic E-state index is 0. The first-order chi connectivity index (χ1) is 8.16. The zero-order chi connectivity index (χ0) is 13.5. The second-order valence-electron chi connectivity index (χ2n) is 3.61. The van der Waals surface area contributed by atoms with Gasteiger partial charge in [0, 0.05) is 28.8 Å². The molecule has 0 aromatic rings. The van der Waals surface area contributed by atoms with Crippen LogP contribution in [0.3, 0.4) is 0 Å². The van der Waals surface area contributed by atoms with Crippen LogP contribution in [-0.2, 0) is 9.59 Å². The van der Waals surface area contributed by atoms with Gasteiger partial charge in [-0.15, -0.1) is 0 Å². The highest BCUT2D eigenvalue weighted by atomic mass is 16.1. The van der Waals surface area contributed by atoms with Crippen LogP contribution in [-0.4, -0.2) is 31.3 Å². The molecule has 0 fully saturated rings. The number of nitrogens with one attached hydrogen (secondary N) is 2. The van der Waals surface area contributed by atoms with Crippen LogP contribution in [0.5, 0.6) is 0 Å². The number of hydrogen-bond donors (Lipinski definition) is 2. The Morgan fingerprint density at radius 1 is 1.06 bits per heavy atom. The first-order valence-corrected chi connectivity index (χ1v) is 6.63. The molecule has 17 heavy (non-hydrogen) atoms. The van der Waals surface area contributed by atoms with Crippen molar-refractivity contribution < 1.29 is 12.4 Å². The van der Waals surface area contributed by atoms with E-state index in [0.29, 0.717) is 19.4 Å². The topological polar surface area (TPSA) is 58.2 Å². The van der Waals surface area contributed by atoms with E-state index >= 15 is 0 Å². The zero-order valence-corrected chi connectivity index (χ0v) is 11.8. The average Bonchev–Trinajstić information content (AvgIpc) is 2.31. The van der Waals surface area contributed by atoms with Crippen LogP contribution in [0.25, 0.3) is 0 Å². The van der Waals surface area contributed by atoms with E-state index in [4.69, 9.17) is 0 Å². The van der Waals surface area contributed by atoms with Crippen molar-refractivity contribution in [2.45, 2.75) is 53.4 Å². The fourth-order valence-corrected chi connectivity index (χ4v) is 1.19. The maximum absolute atomic E-state index is 11.2. The highest BCUT2D eigenvalue weighted by Gasteiger charge is 1.99. The van der Waals surface area contributed by atoms with E-state index in [-0.39, 0.29) is 14.5 Å². The van der Waals surface area contributed by atoms with E-state index in [1.165, 1.54) is 0 Å². The highest BCUT2D eigenvalue weighted by Crippen LogP contribution is 1.94. The third kappa shape index (κ3) is 17.7. The molecular weight excluding hydrogens is 216 g/mol. The van der Waals surface area contributed by atoms with E-state index in [9.17, 15) is 9.59 Å². The molecule has 0 aromatic heterocycles. The van der Waals surface area contributed by atoms with Crippen molar-refractivity contribution in [3.8, 4) is 0 Å². The lowest BCUT2D eigenvalue weighted by Gasteiger charge is -2.04. The van der Waals surface area contributed by atoms with Crippen LogP contribution in [0.2, 0.25) is 0 Å². The van der Waals surface area contributed by atoms with Gasteiger partial charge in [0.25, 0.3) is 0 Å². The summed E-state index contributed by atoms with van der Waals surface area (Å²) in [5.41, 5.74) is 0. The molecule has 2 N–H and O–H groups in total. The minimum atomic E-state index is 0. The number of ketones is 1. The zero-order valence-electron chi connectivity index (χ0n) is 11.8. The molecule has 4 heteroatoms. The standard InChI is InChI=1S/C11H22N2O2.C2H6.2H2/c1-3-12-9-7-11(15)13-8-5-4-6-10(2)14;1-2;;/h12H,3-9H2,1-2H3,(H,13,15);1-2H3;2*1H. The highest BCUT2D eigenvalue weighted by molar-refractivity contribution is 5.76. The summed E-state index contributed by atoms with van der Waals surface area (Å²) < 4.78 is 0. The van der Waals surface area contributed by atoms with E-state index < -0.39 is 0 Å². The van der Waals surface area contributed by atoms with Gasteiger partial charge in [-0.3, -0.25) is 4.79 Å². The van der Waals surface area contributed by atoms with Crippen molar-refractivity contribution in [2.75, 3.05) is 19.6 Å². The Labute approximate surface area is 109 Å². The first kappa shape index (κ1) is 18.5. The summed E-state index contributed by atoms with van der Waals surface area (Å²) in [7, 11) is 0. The number of rotatable bonds is 9. The lowest BCUT2D eigenvalue weighted by molar-refractivity contribution is -0.121. The maximum atomic E-state index is 11.2. The van der Waals surface area contributed by atoms with Crippen molar-refractivity contribution in [2.24, 2.45) is 0 Å². The molecule has 0 bridgehead atoms. The normalized spacial score (nSPS) is 9.18. The van der Waals surface area contributed by atoms with Gasteiger partial charge in [0.15, 0.2) is 0 Å². The summed E-state index contributed by atoms with van der Waals surface area (Å²) in [6.07, 6.45) is 2.89. The fourth-order valence-electron chi connectivity index (χ4n) is 1.19. The Balaban J connectivity index is -0.000000267. The van der Waals surface area contributed by atoms with Crippen LogP contribution in [0.1, 0.15) is 56.2 Å². The number of carbonyl (C=O) groups excluding carboxylic acids is 2. The Morgan fingerprint density at radius 2 is 1.71 bits per heavy atom. The smallest absolute Gasteiger partial charge is 0.221 e.